The lowest BCUT2D eigenvalue weighted by Gasteiger charge is -2.16. The molecule has 0 aliphatic rings. The van der Waals surface area contributed by atoms with Gasteiger partial charge >= 0.3 is 0 Å². The standard InChI is InChI=1S/C30H31F2N3O2/c1-4-14-33-29(36)22-11-12-23-26(16-22)35(18-20-8-6-5-7-9-20)28(19(2)3)27(23)30(37)34-17-21-10-13-24(31)25(32)15-21/h5-13,15-16,19H,4,14,17-18H2,1-3H3,(H,33,36)(H,34,37). The number of hydrogen-bond acceptors (Lipinski definition) is 2. The van der Waals surface area contributed by atoms with E-state index in [-0.39, 0.29) is 24.3 Å². The highest BCUT2D eigenvalue weighted by Crippen LogP contribution is 2.33. The van der Waals surface area contributed by atoms with Crippen LogP contribution in [-0.2, 0) is 13.1 Å². The quantitative estimate of drug-likeness (QED) is 0.287. The minimum Gasteiger partial charge on any atom is -0.352 e. The Morgan fingerprint density at radius 2 is 1.62 bits per heavy atom. The van der Waals surface area contributed by atoms with Crippen LogP contribution in [-0.4, -0.2) is 22.9 Å². The van der Waals surface area contributed by atoms with Crippen LogP contribution in [0.2, 0.25) is 0 Å². The van der Waals surface area contributed by atoms with Crippen LogP contribution in [0.4, 0.5) is 8.78 Å². The van der Waals surface area contributed by atoms with Crippen molar-refractivity contribution < 1.29 is 18.4 Å². The number of carbonyl (C=O) groups excluding carboxylic acids is 2. The number of aromatic nitrogens is 1. The zero-order chi connectivity index (χ0) is 26.5. The molecule has 4 rings (SSSR count). The predicted octanol–water partition coefficient (Wildman–Crippen LogP) is 6.16. The molecule has 1 aromatic heterocycles. The van der Waals surface area contributed by atoms with Crippen LogP contribution >= 0.6 is 0 Å². The van der Waals surface area contributed by atoms with Crippen LogP contribution in [0.25, 0.3) is 10.9 Å². The average molecular weight is 504 g/mol. The third kappa shape index (κ3) is 5.71. The van der Waals surface area contributed by atoms with Gasteiger partial charge in [0.1, 0.15) is 0 Å². The maximum Gasteiger partial charge on any atom is 0.254 e. The summed E-state index contributed by atoms with van der Waals surface area (Å²) < 4.78 is 29.1. The second-order valence-corrected chi connectivity index (χ2v) is 9.41. The lowest BCUT2D eigenvalue weighted by Crippen LogP contribution is -2.24. The number of halogens is 2. The molecule has 0 aliphatic heterocycles. The molecule has 0 saturated carbocycles. The molecule has 0 unspecified atom stereocenters. The van der Waals surface area contributed by atoms with Gasteiger partial charge in [-0.05, 0) is 47.7 Å². The third-order valence-corrected chi connectivity index (χ3v) is 6.30. The fraction of sp³-hybridized carbons (Fsp3) is 0.267. The highest BCUT2D eigenvalue weighted by molar-refractivity contribution is 6.10. The summed E-state index contributed by atoms with van der Waals surface area (Å²) in [7, 11) is 0. The van der Waals surface area contributed by atoms with Crippen molar-refractivity contribution in [3.05, 3.63) is 106 Å². The van der Waals surface area contributed by atoms with Crippen molar-refractivity contribution in [2.75, 3.05) is 6.54 Å². The van der Waals surface area contributed by atoms with Gasteiger partial charge < -0.3 is 15.2 Å². The van der Waals surface area contributed by atoms with E-state index in [0.717, 1.165) is 40.7 Å². The molecule has 0 fully saturated rings. The first kappa shape index (κ1) is 26.1. The van der Waals surface area contributed by atoms with Gasteiger partial charge in [-0.25, -0.2) is 8.78 Å². The van der Waals surface area contributed by atoms with Gasteiger partial charge in [-0.3, -0.25) is 9.59 Å². The molecule has 0 atom stereocenters. The van der Waals surface area contributed by atoms with Crippen molar-refractivity contribution in [3.8, 4) is 0 Å². The number of benzene rings is 3. The van der Waals surface area contributed by atoms with E-state index < -0.39 is 11.6 Å². The summed E-state index contributed by atoms with van der Waals surface area (Å²) in [6, 6.07) is 18.9. The van der Waals surface area contributed by atoms with Gasteiger partial charge in [0.15, 0.2) is 11.6 Å². The number of rotatable bonds is 9. The van der Waals surface area contributed by atoms with Gasteiger partial charge in [0.05, 0.1) is 11.1 Å². The van der Waals surface area contributed by atoms with E-state index in [2.05, 4.69) is 15.2 Å². The molecule has 37 heavy (non-hydrogen) atoms. The molecular weight excluding hydrogens is 472 g/mol. The number of carbonyl (C=O) groups is 2. The van der Waals surface area contributed by atoms with Crippen molar-refractivity contribution in [3.63, 3.8) is 0 Å². The summed E-state index contributed by atoms with van der Waals surface area (Å²) in [4.78, 5) is 26.3. The van der Waals surface area contributed by atoms with E-state index in [4.69, 9.17) is 0 Å². The van der Waals surface area contributed by atoms with E-state index in [1.54, 1.807) is 6.07 Å². The molecule has 3 aromatic carbocycles. The SMILES string of the molecule is CCCNC(=O)c1ccc2c(C(=O)NCc3ccc(F)c(F)c3)c(C(C)C)n(Cc3ccccc3)c2c1. The summed E-state index contributed by atoms with van der Waals surface area (Å²) in [5.41, 5.74) is 4.19. The van der Waals surface area contributed by atoms with Crippen LogP contribution in [0.3, 0.4) is 0 Å². The number of amides is 2. The Morgan fingerprint density at radius 3 is 2.30 bits per heavy atom. The molecule has 0 spiro atoms. The second-order valence-electron chi connectivity index (χ2n) is 9.41. The van der Waals surface area contributed by atoms with Crippen molar-refractivity contribution in [1.82, 2.24) is 15.2 Å². The molecule has 192 valence electrons. The Balaban J connectivity index is 1.79. The smallest absolute Gasteiger partial charge is 0.254 e. The van der Waals surface area contributed by atoms with Crippen molar-refractivity contribution >= 4 is 22.7 Å². The van der Waals surface area contributed by atoms with Gasteiger partial charge in [-0.1, -0.05) is 63.2 Å². The Bertz CT molecular complexity index is 1430. The normalized spacial score (nSPS) is 11.2. The zero-order valence-electron chi connectivity index (χ0n) is 21.3. The van der Waals surface area contributed by atoms with Crippen molar-refractivity contribution in [1.29, 1.82) is 0 Å². The van der Waals surface area contributed by atoms with Crippen LogP contribution in [0.5, 0.6) is 0 Å². The maximum absolute atomic E-state index is 13.7. The van der Waals surface area contributed by atoms with Crippen LogP contribution < -0.4 is 10.6 Å². The van der Waals surface area contributed by atoms with Crippen LogP contribution in [0.15, 0.2) is 66.7 Å². The summed E-state index contributed by atoms with van der Waals surface area (Å²) in [6.07, 6.45) is 0.831. The fourth-order valence-electron chi connectivity index (χ4n) is 4.55. The Kier molecular flexibility index (Phi) is 8.01. The average Bonchev–Trinajstić information content (AvgIpc) is 3.22. The van der Waals surface area contributed by atoms with Crippen LogP contribution in [0, 0.1) is 11.6 Å². The lowest BCUT2D eigenvalue weighted by molar-refractivity contribution is 0.0944. The summed E-state index contributed by atoms with van der Waals surface area (Å²) in [6.45, 7) is 7.20. The first-order chi connectivity index (χ1) is 17.8. The van der Waals surface area contributed by atoms with E-state index >= 15 is 0 Å². The molecule has 2 N–H and O–H groups in total. The number of nitrogens with zero attached hydrogens (tertiary/aromatic N) is 1. The van der Waals surface area contributed by atoms with Gasteiger partial charge in [0, 0.05) is 36.3 Å². The Labute approximate surface area is 215 Å². The van der Waals surface area contributed by atoms with E-state index in [1.165, 1.54) is 6.07 Å². The Hall–Kier alpha value is -4.00. The third-order valence-electron chi connectivity index (χ3n) is 6.30. The first-order valence-electron chi connectivity index (χ1n) is 12.5. The number of hydrogen-bond donors (Lipinski definition) is 2. The summed E-state index contributed by atoms with van der Waals surface area (Å²) >= 11 is 0. The molecule has 7 heteroatoms. The zero-order valence-corrected chi connectivity index (χ0v) is 21.3. The maximum atomic E-state index is 13.7. The minimum atomic E-state index is -0.956. The van der Waals surface area contributed by atoms with Gasteiger partial charge in [-0.15, -0.1) is 0 Å². The fourth-order valence-corrected chi connectivity index (χ4v) is 4.55. The Morgan fingerprint density at radius 1 is 0.865 bits per heavy atom. The number of nitrogens with one attached hydrogen (secondary N) is 2. The molecular formula is C30H31F2N3O2. The number of fused-ring (bicyclic) bond motifs is 1. The molecule has 2 amide bonds. The lowest BCUT2D eigenvalue weighted by atomic mass is 10.0. The molecule has 0 saturated heterocycles. The molecule has 0 aliphatic carbocycles. The molecule has 4 aromatic rings. The van der Waals surface area contributed by atoms with Crippen molar-refractivity contribution in [2.24, 2.45) is 0 Å². The highest BCUT2D eigenvalue weighted by atomic mass is 19.2. The van der Waals surface area contributed by atoms with E-state index in [9.17, 15) is 18.4 Å². The van der Waals surface area contributed by atoms with E-state index in [1.807, 2.05) is 63.2 Å². The molecule has 0 radical (unpaired) electrons. The largest absolute Gasteiger partial charge is 0.352 e. The minimum absolute atomic E-state index is 0.00232. The van der Waals surface area contributed by atoms with E-state index in [0.29, 0.717) is 29.8 Å². The molecule has 5 nitrogen and oxygen atoms in total. The predicted molar refractivity (Wildman–Crippen MR) is 142 cm³/mol. The first-order valence-corrected chi connectivity index (χ1v) is 12.5. The van der Waals surface area contributed by atoms with Crippen LogP contribution in [0.1, 0.15) is 70.6 Å². The monoisotopic (exact) mass is 503 g/mol. The molecule has 0 bridgehead atoms. The topological polar surface area (TPSA) is 63.1 Å². The van der Waals surface area contributed by atoms with Gasteiger partial charge in [0.25, 0.3) is 11.8 Å². The summed E-state index contributed by atoms with van der Waals surface area (Å²) in [5, 5.41) is 6.51. The van der Waals surface area contributed by atoms with Crippen molar-refractivity contribution in [2.45, 2.75) is 46.2 Å². The second kappa shape index (κ2) is 11.4. The van der Waals surface area contributed by atoms with Gasteiger partial charge in [0.2, 0.25) is 0 Å². The summed E-state index contributed by atoms with van der Waals surface area (Å²) in [5.74, 6) is -2.36. The molecule has 1 heterocycles. The highest BCUT2D eigenvalue weighted by Gasteiger charge is 2.25. The van der Waals surface area contributed by atoms with Gasteiger partial charge in [-0.2, -0.15) is 0 Å².